The van der Waals surface area contributed by atoms with Crippen LogP contribution < -0.4 is 0 Å². The van der Waals surface area contributed by atoms with Gasteiger partial charge in [0.2, 0.25) is 0 Å². The normalized spacial score (nSPS) is 26.7. The van der Waals surface area contributed by atoms with Gasteiger partial charge in [0.05, 0.1) is 11.2 Å². The highest BCUT2D eigenvalue weighted by Gasteiger charge is 2.50. The number of halogens is 1. The third kappa shape index (κ3) is 3.03. The monoisotopic (exact) mass is 431 g/mol. The number of pyridine rings is 1. The zero-order chi connectivity index (χ0) is 21.2. The molecule has 1 aromatic carbocycles. The topological polar surface area (TPSA) is 38.7 Å². The zero-order valence-corrected chi connectivity index (χ0v) is 19.3. The maximum atomic E-state index is 6.81. The third-order valence-corrected chi connectivity index (χ3v) is 9.14. The van der Waals surface area contributed by atoms with Crippen molar-refractivity contribution in [2.75, 3.05) is 0 Å². The highest BCUT2D eigenvalue weighted by atomic mass is 35.5. The first-order valence-corrected chi connectivity index (χ1v) is 12.4. The smallest absolute Gasteiger partial charge is 0.161 e. The van der Waals surface area contributed by atoms with Crippen molar-refractivity contribution in [3.63, 3.8) is 0 Å². The van der Waals surface area contributed by atoms with Crippen LogP contribution >= 0.6 is 11.6 Å². The van der Waals surface area contributed by atoms with Crippen molar-refractivity contribution in [3.8, 4) is 11.4 Å². The first kappa shape index (κ1) is 19.7. The van der Waals surface area contributed by atoms with E-state index >= 15 is 0 Å². The van der Waals surface area contributed by atoms with E-state index < -0.39 is 0 Å². The third-order valence-electron chi connectivity index (χ3n) is 8.83. The maximum Gasteiger partial charge on any atom is 0.161 e. The Morgan fingerprint density at radius 1 is 1.00 bits per heavy atom. The number of aromatic nitrogens is 3. The summed E-state index contributed by atoms with van der Waals surface area (Å²) >= 11 is 6.81. The molecular weight excluding hydrogens is 402 g/mol. The van der Waals surface area contributed by atoms with Crippen LogP contribution in [-0.2, 0) is 6.42 Å². The number of fused-ring (bicyclic) bond motifs is 4. The lowest BCUT2D eigenvalue weighted by Gasteiger charge is -2.50. The SMILES string of the molecule is Cc1cc(-c2nc(Cl)c3c(n2)C2CCC4(CCCC4)C(C)C2CC3)c2ccccc2n1. The van der Waals surface area contributed by atoms with Crippen LogP contribution in [0.1, 0.15) is 74.7 Å². The van der Waals surface area contributed by atoms with Crippen LogP contribution in [0.4, 0.5) is 0 Å². The van der Waals surface area contributed by atoms with Gasteiger partial charge in [0, 0.05) is 28.1 Å². The van der Waals surface area contributed by atoms with Crippen molar-refractivity contribution in [1.29, 1.82) is 0 Å². The Hall–Kier alpha value is -2.00. The molecule has 3 atom stereocenters. The number of rotatable bonds is 1. The second-order valence-corrected chi connectivity index (χ2v) is 10.6. The van der Waals surface area contributed by atoms with Crippen LogP contribution in [0.25, 0.3) is 22.3 Å². The van der Waals surface area contributed by atoms with Gasteiger partial charge in [-0.05, 0) is 74.8 Å². The maximum absolute atomic E-state index is 6.81. The Bertz CT molecular complexity index is 1160. The molecular formula is C27H30ClN3. The quantitative estimate of drug-likeness (QED) is 0.379. The Morgan fingerprint density at radius 3 is 2.65 bits per heavy atom. The Morgan fingerprint density at radius 2 is 1.81 bits per heavy atom. The van der Waals surface area contributed by atoms with Gasteiger partial charge < -0.3 is 0 Å². The molecule has 3 unspecified atom stereocenters. The lowest BCUT2D eigenvalue weighted by molar-refractivity contribution is 0.0332. The minimum Gasteiger partial charge on any atom is -0.253 e. The number of hydrogen-bond acceptors (Lipinski definition) is 3. The van der Waals surface area contributed by atoms with Gasteiger partial charge in [-0.25, -0.2) is 9.97 Å². The van der Waals surface area contributed by atoms with Gasteiger partial charge in [-0.2, -0.15) is 0 Å². The average Bonchev–Trinajstić information content (AvgIpc) is 3.25. The minimum absolute atomic E-state index is 0.526. The van der Waals surface area contributed by atoms with Gasteiger partial charge in [-0.1, -0.05) is 49.6 Å². The van der Waals surface area contributed by atoms with Gasteiger partial charge >= 0.3 is 0 Å². The van der Waals surface area contributed by atoms with E-state index in [9.17, 15) is 0 Å². The summed E-state index contributed by atoms with van der Waals surface area (Å²) < 4.78 is 0. The van der Waals surface area contributed by atoms with Crippen molar-refractivity contribution in [2.45, 2.75) is 71.1 Å². The van der Waals surface area contributed by atoms with E-state index in [0.717, 1.165) is 46.2 Å². The van der Waals surface area contributed by atoms with Crippen LogP contribution in [0, 0.1) is 24.2 Å². The molecule has 3 aliphatic carbocycles. The molecule has 3 aromatic rings. The fourth-order valence-corrected chi connectivity index (χ4v) is 7.47. The molecule has 3 aliphatic rings. The van der Waals surface area contributed by atoms with Gasteiger partial charge in [-0.3, -0.25) is 4.98 Å². The molecule has 3 nitrogen and oxygen atoms in total. The molecule has 0 saturated heterocycles. The highest BCUT2D eigenvalue weighted by Crippen LogP contribution is 2.60. The van der Waals surface area contributed by atoms with Crippen LogP contribution in [0.3, 0.4) is 0 Å². The van der Waals surface area contributed by atoms with Crippen molar-refractivity contribution in [2.24, 2.45) is 17.3 Å². The first-order valence-electron chi connectivity index (χ1n) is 12.0. The predicted molar refractivity (Wildman–Crippen MR) is 126 cm³/mol. The van der Waals surface area contributed by atoms with Gasteiger partial charge in [0.15, 0.2) is 5.82 Å². The predicted octanol–water partition coefficient (Wildman–Crippen LogP) is 7.29. The van der Waals surface area contributed by atoms with Crippen molar-refractivity contribution in [3.05, 3.63) is 52.4 Å². The average molecular weight is 432 g/mol. The highest BCUT2D eigenvalue weighted by molar-refractivity contribution is 6.30. The standard InChI is InChI=1S/C27H30ClN3/c1-16-15-22(19-7-3-4-8-23(19)29-16)26-30-24-20-11-14-27(12-5-6-13-27)17(2)18(20)9-10-21(24)25(28)31-26/h3-4,7-8,15,17-18,20H,5-6,9-14H2,1-2H3. The van der Waals surface area contributed by atoms with Crippen LogP contribution in [0.2, 0.25) is 5.15 Å². The largest absolute Gasteiger partial charge is 0.253 e. The molecule has 1 spiro atoms. The summed E-state index contributed by atoms with van der Waals surface area (Å²) in [7, 11) is 0. The van der Waals surface area contributed by atoms with E-state index in [4.69, 9.17) is 26.6 Å². The number of aryl methyl sites for hydroxylation is 1. The molecule has 2 aromatic heterocycles. The molecule has 160 valence electrons. The molecule has 0 bridgehead atoms. The lowest BCUT2D eigenvalue weighted by atomic mass is 9.55. The summed E-state index contributed by atoms with van der Waals surface area (Å²) in [6.07, 6.45) is 10.6. The molecule has 4 heteroatoms. The molecule has 0 amide bonds. The number of hydrogen-bond donors (Lipinski definition) is 0. The van der Waals surface area contributed by atoms with Crippen molar-refractivity contribution in [1.82, 2.24) is 15.0 Å². The second kappa shape index (κ2) is 7.27. The van der Waals surface area contributed by atoms with Gasteiger partial charge in [0.25, 0.3) is 0 Å². The van der Waals surface area contributed by atoms with Crippen LogP contribution in [0.15, 0.2) is 30.3 Å². The lowest BCUT2D eigenvalue weighted by Crippen LogP contribution is -2.41. The summed E-state index contributed by atoms with van der Waals surface area (Å²) in [5.41, 5.74) is 6.06. The number of nitrogens with zero attached hydrogens (tertiary/aromatic N) is 3. The van der Waals surface area contributed by atoms with E-state index in [1.54, 1.807) is 0 Å². The molecule has 31 heavy (non-hydrogen) atoms. The molecule has 2 heterocycles. The summed E-state index contributed by atoms with van der Waals surface area (Å²) in [6.45, 7) is 4.58. The van der Waals surface area contributed by atoms with E-state index in [-0.39, 0.29) is 0 Å². The van der Waals surface area contributed by atoms with Gasteiger partial charge in [-0.15, -0.1) is 0 Å². The van der Waals surface area contributed by atoms with E-state index in [1.165, 1.54) is 56.2 Å². The molecule has 2 fully saturated rings. The fraction of sp³-hybridized carbons (Fsp3) is 0.519. The molecule has 6 rings (SSSR count). The molecule has 0 radical (unpaired) electrons. The summed E-state index contributed by atoms with van der Waals surface area (Å²) in [5.74, 6) is 2.80. The number of para-hydroxylation sites is 1. The van der Waals surface area contributed by atoms with Gasteiger partial charge in [0.1, 0.15) is 5.15 Å². The summed E-state index contributed by atoms with van der Waals surface area (Å²) in [6, 6.07) is 10.4. The second-order valence-electron chi connectivity index (χ2n) is 10.2. The Labute approximate surface area is 189 Å². The van der Waals surface area contributed by atoms with E-state index in [0.29, 0.717) is 16.5 Å². The van der Waals surface area contributed by atoms with E-state index in [1.807, 2.05) is 13.0 Å². The van der Waals surface area contributed by atoms with E-state index in [2.05, 4.69) is 31.2 Å². The first-order chi connectivity index (χ1) is 15.1. The Balaban J connectivity index is 1.46. The van der Waals surface area contributed by atoms with Crippen molar-refractivity contribution >= 4 is 22.5 Å². The summed E-state index contributed by atoms with van der Waals surface area (Å²) in [4.78, 5) is 14.7. The number of benzene rings is 1. The molecule has 0 N–H and O–H groups in total. The fourth-order valence-electron chi connectivity index (χ4n) is 7.20. The zero-order valence-electron chi connectivity index (χ0n) is 18.5. The van der Waals surface area contributed by atoms with Crippen LogP contribution in [0.5, 0.6) is 0 Å². The minimum atomic E-state index is 0.526. The van der Waals surface area contributed by atoms with Crippen LogP contribution in [-0.4, -0.2) is 15.0 Å². The molecule has 0 aliphatic heterocycles. The summed E-state index contributed by atoms with van der Waals surface area (Å²) in [5, 5.41) is 1.75. The molecule has 2 saturated carbocycles. The van der Waals surface area contributed by atoms with Crippen molar-refractivity contribution < 1.29 is 0 Å². The Kier molecular flexibility index (Phi) is 4.61.